The fourth-order valence-corrected chi connectivity index (χ4v) is 1.68. The first-order valence-corrected chi connectivity index (χ1v) is 6.32. The first-order chi connectivity index (χ1) is 10.3. The molecule has 3 rings (SSSR count). The summed E-state index contributed by atoms with van der Waals surface area (Å²) < 4.78 is 4.97. The van der Waals surface area contributed by atoms with Crippen LogP contribution < -0.4 is 10.6 Å². The summed E-state index contributed by atoms with van der Waals surface area (Å²) in [6.45, 7) is 2.39. The Bertz CT molecular complexity index is 713. The van der Waals surface area contributed by atoms with Crippen molar-refractivity contribution in [2.24, 2.45) is 0 Å². The minimum absolute atomic E-state index is 0.420. The number of anilines is 3. The van der Waals surface area contributed by atoms with E-state index in [4.69, 9.17) is 4.52 Å². The number of hydrogen-bond donors (Lipinski definition) is 2. The minimum atomic E-state index is 0.420. The van der Waals surface area contributed by atoms with E-state index in [9.17, 15) is 0 Å². The summed E-state index contributed by atoms with van der Waals surface area (Å²) >= 11 is 0. The van der Waals surface area contributed by atoms with Gasteiger partial charge in [-0.05, 0) is 18.6 Å². The van der Waals surface area contributed by atoms with Gasteiger partial charge < -0.3 is 15.2 Å². The molecule has 8 nitrogen and oxygen atoms in total. The van der Waals surface area contributed by atoms with Crippen molar-refractivity contribution in [3.63, 3.8) is 0 Å². The van der Waals surface area contributed by atoms with Crippen LogP contribution in [0.3, 0.4) is 0 Å². The largest absolute Gasteiger partial charge is 0.360 e. The van der Waals surface area contributed by atoms with Gasteiger partial charge in [-0.1, -0.05) is 11.2 Å². The summed E-state index contributed by atoms with van der Waals surface area (Å²) in [4.78, 5) is 8.34. The highest BCUT2D eigenvalue weighted by molar-refractivity contribution is 5.51. The fraction of sp³-hybridized carbons (Fsp3) is 0.154. The van der Waals surface area contributed by atoms with Gasteiger partial charge >= 0.3 is 0 Å². The maximum Gasteiger partial charge on any atom is 0.244 e. The summed E-state index contributed by atoms with van der Waals surface area (Å²) in [7, 11) is 0. The summed E-state index contributed by atoms with van der Waals surface area (Å²) in [6, 6.07) is 5.61. The van der Waals surface area contributed by atoms with Gasteiger partial charge in [-0.2, -0.15) is 10.1 Å². The molecule has 3 heterocycles. The molecular formula is C13H13N7O. The zero-order valence-corrected chi connectivity index (χ0v) is 11.3. The molecule has 0 aliphatic carbocycles. The molecule has 0 amide bonds. The van der Waals surface area contributed by atoms with Gasteiger partial charge in [-0.25, -0.2) is 0 Å². The van der Waals surface area contributed by atoms with Gasteiger partial charge in [-0.3, -0.25) is 4.98 Å². The van der Waals surface area contributed by atoms with Crippen LogP contribution in [0, 0.1) is 6.92 Å². The van der Waals surface area contributed by atoms with Crippen LogP contribution in [-0.2, 0) is 6.54 Å². The van der Waals surface area contributed by atoms with E-state index in [0.717, 1.165) is 11.3 Å². The van der Waals surface area contributed by atoms with Crippen molar-refractivity contribution < 1.29 is 4.52 Å². The SMILES string of the molecule is Cc1cc(Nc2cnnc(NCc3cccnc3)n2)no1. The van der Waals surface area contributed by atoms with Crippen LogP contribution in [0.1, 0.15) is 11.3 Å². The molecule has 0 radical (unpaired) electrons. The molecular weight excluding hydrogens is 270 g/mol. The van der Waals surface area contributed by atoms with E-state index in [-0.39, 0.29) is 0 Å². The maximum absolute atomic E-state index is 4.97. The standard InChI is InChI=1S/C13H13N7O/c1-9-5-11(20-21-9)17-12-8-16-19-13(18-12)15-7-10-3-2-4-14-6-10/h2-6,8H,7H2,1H3,(H2,15,17,18,19,20). The lowest BCUT2D eigenvalue weighted by Crippen LogP contribution is -2.06. The van der Waals surface area contributed by atoms with Crippen LogP contribution in [0.4, 0.5) is 17.6 Å². The number of rotatable bonds is 5. The highest BCUT2D eigenvalue weighted by Crippen LogP contribution is 2.14. The average molecular weight is 283 g/mol. The van der Waals surface area contributed by atoms with E-state index in [2.05, 4.69) is 36.0 Å². The third-order valence-electron chi connectivity index (χ3n) is 2.62. The van der Waals surface area contributed by atoms with Crippen LogP contribution in [-0.4, -0.2) is 25.3 Å². The molecule has 3 aromatic rings. The lowest BCUT2D eigenvalue weighted by molar-refractivity contribution is 0.400. The zero-order valence-electron chi connectivity index (χ0n) is 11.3. The second-order valence-electron chi connectivity index (χ2n) is 4.33. The molecule has 8 heteroatoms. The monoisotopic (exact) mass is 283 g/mol. The fourth-order valence-electron chi connectivity index (χ4n) is 1.68. The number of aromatic nitrogens is 5. The Labute approximate surface area is 120 Å². The molecule has 0 unspecified atom stereocenters. The molecule has 0 aliphatic heterocycles. The van der Waals surface area contributed by atoms with Crippen LogP contribution in [0.25, 0.3) is 0 Å². The van der Waals surface area contributed by atoms with Crippen LogP contribution in [0.15, 0.2) is 41.3 Å². The Hall–Kier alpha value is -3.03. The predicted molar refractivity (Wildman–Crippen MR) is 75.9 cm³/mol. The summed E-state index contributed by atoms with van der Waals surface area (Å²) in [5, 5.41) is 17.7. The summed E-state index contributed by atoms with van der Waals surface area (Å²) in [5.74, 6) is 2.25. The molecule has 0 saturated carbocycles. The second kappa shape index (κ2) is 5.95. The van der Waals surface area contributed by atoms with Crippen molar-refractivity contribution in [2.45, 2.75) is 13.5 Å². The minimum Gasteiger partial charge on any atom is -0.360 e. The third kappa shape index (κ3) is 3.50. The molecule has 0 spiro atoms. The molecule has 0 atom stereocenters. The predicted octanol–water partition coefficient (Wildman–Crippen LogP) is 1.92. The lowest BCUT2D eigenvalue weighted by atomic mass is 10.3. The average Bonchev–Trinajstić information content (AvgIpc) is 2.92. The molecule has 0 aromatic carbocycles. The summed E-state index contributed by atoms with van der Waals surface area (Å²) in [6.07, 6.45) is 5.02. The first-order valence-electron chi connectivity index (χ1n) is 6.32. The van der Waals surface area contributed by atoms with Gasteiger partial charge in [0.2, 0.25) is 5.95 Å². The van der Waals surface area contributed by atoms with Crippen LogP contribution in [0.5, 0.6) is 0 Å². The third-order valence-corrected chi connectivity index (χ3v) is 2.62. The van der Waals surface area contributed by atoms with Gasteiger partial charge in [0.1, 0.15) is 5.76 Å². The molecule has 0 fully saturated rings. The summed E-state index contributed by atoms with van der Waals surface area (Å²) in [5.41, 5.74) is 1.03. The molecule has 106 valence electrons. The first kappa shape index (κ1) is 13.0. The van der Waals surface area contributed by atoms with Gasteiger partial charge in [0.05, 0.1) is 6.20 Å². The van der Waals surface area contributed by atoms with E-state index in [1.807, 2.05) is 19.1 Å². The number of pyridine rings is 1. The molecule has 3 aromatic heterocycles. The Balaban J connectivity index is 1.65. The molecule has 0 saturated heterocycles. The second-order valence-corrected chi connectivity index (χ2v) is 4.33. The van der Waals surface area contributed by atoms with Crippen molar-refractivity contribution >= 4 is 17.6 Å². The van der Waals surface area contributed by atoms with Crippen molar-refractivity contribution in [1.82, 2.24) is 25.3 Å². The molecule has 2 N–H and O–H groups in total. The lowest BCUT2D eigenvalue weighted by Gasteiger charge is -2.05. The highest BCUT2D eigenvalue weighted by atomic mass is 16.5. The highest BCUT2D eigenvalue weighted by Gasteiger charge is 2.04. The number of nitrogens with zero attached hydrogens (tertiary/aromatic N) is 5. The topological polar surface area (TPSA) is 102 Å². The number of hydrogen-bond acceptors (Lipinski definition) is 8. The van der Waals surface area contributed by atoms with E-state index in [1.54, 1.807) is 18.5 Å². The normalized spacial score (nSPS) is 10.3. The van der Waals surface area contributed by atoms with E-state index < -0.39 is 0 Å². The van der Waals surface area contributed by atoms with Gasteiger partial charge in [0.15, 0.2) is 11.6 Å². The quantitative estimate of drug-likeness (QED) is 0.732. The van der Waals surface area contributed by atoms with Crippen molar-refractivity contribution in [3.05, 3.63) is 48.1 Å². The Morgan fingerprint density at radius 1 is 1.24 bits per heavy atom. The van der Waals surface area contributed by atoms with Crippen LogP contribution in [0.2, 0.25) is 0 Å². The van der Waals surface area contributed by atoms with Crippen molar-refractivity contribution in [3.8, 4) is 0 Å². The Morgan fingerprint density at radius 3 is 2.95 bits per heavy atom. The van der Waals surface area contributed by atoms with Crippen LogP contribution >= 0.6 is 0 Å². The van der Waals surface area contributed by atoms with E-state index >= 15 is 0 Å². The molecule has 0 aliphatic rings. The Kier molecular flexibility index (Phi) is 3.68. The van der Waals surface area contributed by atoms with Gasteiger partial charge in [-0.15, -0.1) is 5.10 Å². The van der Waals surface area contributed by atoms with Gasteiger partial charge in [0, 0.05) is 25.0 Å². The Morgan fingerprint density at radius 2 is 2.19 bits per heavy atom. The van der Waals surface area contributed by atoms with Crippen molar-refractivity contribution in [1.29, 1.82) is 0 Å². The smallest absolute Gasteiger partial charge is 0.244 e. The maximum atomic E-state index is 4.97. The molecule has 21 heavy (non-hydrogen) atoms. The van der Waals surface area contributed by atoms with E-state index in [1.165, 1.54) is 6.20 Å². The van der Waals surface area contributed by atoms with Gasteiger partial charge in [0.25, 0.3) is 0 Å². The molecule has 0 bridgehead atoms. The zero-order chi connectivity index (χ0) is 14.5. The number of nitrogens with one attached hydrogen (secondary N) is 2. The van der Waals surface area contributed by atoms with E-state index in [0.29, 0.717) is 24.1 Å². The number of aryl methyl sites for hydroxylation is 1. The van der Waals surface area contributed by atoms with Crippen molar-refractivity contribution in [2.75, 3.05) is 10.6 Å².